The van der Waals surface area contributed by atoms with Crippen LogP contribution in [0.3, 0.4) is 0 Å². The Morgan fingerprint density at radius 2 is 1.32 bits per heavy atom. The lowest BCUT2D eigenvalue weighted by Crippen LogP contribution is -2.02. The summed E-state index contributed by atoms with van der Waals surface area (Å²) in [6, 6.07) is 10.5. The van der Waals surface area contributed by atoms with Crippen LogP contribution < -0.4 is 0 Å². The zero-order valence-electron chi connectivity index (χ0n) is 13.5. The zero-order chi connectivity index (χ0) is 14.5. The van der Waals surface area contributed by atoms with Crippen LogP contribution in [0.15, 0.2) is 30.3 Å². The van der Waals surface area contributed by atoms with Crippen molar-refractivity contribution in [2.45, 2.75) is 53.9 Å². The minimum Gasteiger partial charge on any atom is -0.381 e. The van der Waals surface area contributed by atoms with Gasteiger partial charge in [0.25, 0.3) is 0 Å². The first-order chi connectivity index (χ1) is 9.06. The molecule has 0 atom stereocenters. The Morgan fingerprint density at radius 1 is 0.842 bits per heavy atom. The molecule has 110 valence electrons. The lowest BCUT2D eigenvalue weighted by molar-refractivity contribution is 0.114. The van der Waals surface area contributed by atoms with Crippen molar-refractivity contribution in [3.8, 4) is 0 Å². The fourth-order valence-corrected chi connectivity index (χ4v) is 1.45. The molecule has 1 rings (SSSR count). The molecule has 0 radical (unpaired) electrons. The smallest absolute Gasteiger partial charge is 0.0468 e. The van der Waals surface area contributed by atoms with E-state index >= 15 is 0 Å². The predicted molar refractivity (Wildman–Crippen MR) is 85.5 cm³/mol. The van der Waals surface area contributed by atoms with Gasteiger partial charge >= 0.3 is 0 Å². The molecule has 0 fully saturated rings. The van der Waals surface area contributed by atoms with Gasteiger partial charge in [-0.1, -0.05) is 65.0 Å². The van der Waals surface area contributed by atoms with E-state index in [9.17, 15) is 0 Å². The first kappa shape index (κ1) is 18.2. The molecule has 0 N–H and O–H groups in total. The van der Waals surface area contributed by atoms with E-state index in [0.29, 0.717) is 0 Å². The van der Waals surface area contributed by atoms with Gasteiger partial charge in [-0.3, -0.25) is 0 Å². The Balaban J connectivity index is 0.000000356. The van der Waals surface area contributed by atoms with Crippen LogP contribution in [0.5, 0.6) is 0 Å². The van der Waals surface area contributed by atoms with Crippen molar-refractivity contribution in [2.24, 2.45) is 11.8 Å². The molecule has 0 aromatic heterocycles. The molecule has 0 bridgehead atoms. The average Bonchev–Trinajstić information content (AvgIpc) is 2.39. The van der Waals surface area contributed by atoms with Gasteiger partial charge in [0, 0.05) is 13.2 Å². The molecular formula is C18H32O. The third-order valence-corrected chi connectivity index (χ3v) is 2.93. The summed E-state index contributed by atoms with van der Waals surface area (Å²) < 4.78 is 5.46. The summed E-state index contributed by atoms with van der Waals surface area (Å²) in [7, 11) is 0. The summed E-state index contributed by atoms with van der Waals surface area (Å²) >= 11 is 0. The lowest BCUT2D eigenvalue weighted by atomic mass is 10.1. The molecule has 0 spiro atoms. The van der Waals surface area contributed by atoms with Crippen LogP contribution in [-0.2, 0) is 11.2 Å². The highest BCUT2D eigenvalue weighted by Gasteiger charge is 1.95. The van der Waals surface area contributed by atoms with Crippen molar-refractivity contribution in [3.05, 3.63) is 35.9 Å². The van der Waals surface area contributed by atoms with Crippen molar-refractivity contribution in [3.63, 3.8) is 0 Å². The van der Waals surface area contributed by atoms with E-state index in [4.69, 9.17) is 4.74 Å². The Labute approximate surface area is 120 Å². The molecule has 19 heavy (non-hydrogen) atoms. The molecular weight excluding hydrogens is 232 g/mol. The van der Waals surface area contributed by atoms with Crippen molar-refractivity contribution in [1.29, 1.82) is 0 Å². The molecule has 0 saturated carbocycles. The van der Waals surface area contributed by atoms with Gasteiger partial charge in [-0.25, -0.2) is 0 Å². The normalized spacial score (nSPS) is 10.5. The fourth-order valence-electron chi connectivity index (χ4n) is 1.45. The molecule has 0 aliphatic rings. The molecule has 0 aliphatic carbocycles. The summed E-state index contributed by atoms with van der Waals surface area (Å²) in [5, 5.41) is 0. The van der Waals surface area contributed by atoms with Gasteiger partial charge in [0.05, 0.1) is 0 Å². The Hall–Kier alpha value is -0.820. The summed E-state index contributed by atoms with van der Waals surface area (Å²) in [5.74, 6) is 1.54. The Kier molecular flexibility index (Phi) is 11.7. The second-order valence-electron chi connectivity index (χ2n) is 5.82. The molecule has 0 aliphatic heterocycles. The van der Waals surface area contributed by atoms with Crippen LogP contribution in [0.25, 0.3) is 0 Å². The topological polar surface area (TPSA) is 9.23 Å². The summed E-state index contributed by atoms with van der Waals surface area (Å²) in [6.07, 6.45) is 3.52. The average molecular weight is 264 g/mol. The first-order valence-electron chi connectivity index (χ1n) is 7.67. The van der Waals surface area contributed by atoms with Gasteiger partial charge < -0.3 is 4.74 Å². The molecule has 0 saturated heterocycles. The number of ether oxygens (including phenoxy) is 1. The van der Waals surface area contributed by atoms with E-state index in [0.717, 1.165) is 31.5 Å². The number of rotatable bonds is 7. The van der Waals surface area contributed by atoms with Crippen molar-refractivity contribution >= 4 is 0 Å². The largest absolute Gasteiger partial charge is 0.381 e. The van der Waals surface area contributed by atoms with Gasteiger partial charge in [-0.05, 0) is 36.7 Å². The quantitative estimate of drug-likeness (QED) is 0.604. The molecule has 1 heteroatoms. The zero-order valence-corrected chi connectivity index (χ0v) is 13.5. The van der Waals surface area contributed by atoms with E-state index in [2.05, 4.69) is 58.9 Å². The maximum absolute atomic E-state index is 5.46. The van der Waals surface area contributed by atoms with Gasteiger partial charge in [0.15, 0.2) is 0 Å². The van der Waals surface area contributed by atoms with Crippen molar-refractivity contribution in [1.82, 2.24) is 0 Å². The Bertz CT molecular complexity index is 267. The van der Waals surface area contributed by atoms with Crippen LogP contribution in [0, 0.1) is 11.8 Å². The van der Waals surface area contributed by atoms with E-state index in [1.165, 1.54) is 18.4 Å². The minimum absolute atomic E-state index is 0.772. The predicted octanol–water partition coefficient (Wildman–Crippen LogP) is 5.34. The van der Waals surface area contributed by atoms with E-state index in [1.807, 2.05) is 6.07 Å². The summed E-state index contributed by atoms with van der Waals surface area (Å²) in [4.78, 5) is 0. The first-order valence-corrected chi connectivity index (χ1v) is 7.67. The van der Waals surface area contributed by atoms with Crippen LogP contribution >= 0.6 is 0 Å². The van der Waals surface area contributed by atoms with Crippen LogP contribution in [0.4, 0.5) is 0 Å². The van der Waals surface area contributed by atoms with Crippen LogP contribution in [0.1, 0.15) is 53.0 Å². The van der Waals surface area contributed by atoms with Crippen LogP contribution in [-0.4, -0.2) is 13.2 Å². The number of hydrogen-bond donors (Lipinski definition) is 0. The third-order valence-electron chi connectivity index (χ3n) is 2.93. The fraction of sp³-hybridized carbons (Fsp3) is 0.667. The SMILES string of the molecule is CC(C)CCOCCC(C)C.CCc1ccccc1. The standard InChI is InChI=1S/C10H22O.C8H10/c1-9(2)5-7-11-8-6-10(3)4;1-2-8-6-4-3-5-7-8/h9-10H,5-8H2,1-4H3;3-7H,2H2,1H3. The molecule has 0 amide bonds. The number of hydrogen-bond acceptors (Lipinski definition) is 1. The van der Waals surface area contributed by atoms with Crippen LogP contribution in [0.2, 0.25) is 0 Å². The highest BCUT2D eigenvalue weighted by molar-refractivity contribution is 5.13. The van der Waals surface area contributed by atoms with Gasteiger partial charge in [0.2, 0.25) is 0 Å². The molecule has 1 nitrogen and oxygen atoms in total. The molecule has 0 unspecified atom stereocenters. The lowest BCUT2D eigenvalue weighted by Gasteiger charge is -2.07. The Morgan fingerprint density at radius 3 is 1.63 bits per heavy atom. The van der Waals surface area contributed by atoms with E-state index < -0.39 is 0 Å². The minimum atomic E-state index is 0.772. The second-order valence-corrected chi connectivity index (χ2v) is 5.82. The number of benzene rings is 1. The van der Waals surface area contributed by atoms with Gasteiger partial charge in [-0.2, -0.15) is 0 Å². The maximum Gasteiger partial charge on any atom is 0.0468 e. The highest BCUT2D eigenvalue weighted by Crippen LogP contribution is 2.02. The molecule has 1 aromatic rings. The molecule has 1 aromatic carbocycles. The van der Waals surface area contributed by atoms with Crippen molar-refractivity contribution in [2.75, 3.05) is 13.2 Å². The second kappa shape index (κ2) is 12.2. The molecule has 0 heterocycles. The highest BCUT2D eigenvalue weighted by atomic mass is 16.5. The summed E-state index contributed by atoms with van der Waals surface area (Å²) in [6.45, 7) is 12.9. The summed E-state index contributed by atoms with van der Waals surface area (Å²) in [5.41, 5.74) is 1.41. The third kappa shape index (κ3) is 13.4. The van der Waals surface area contributed by atoms with Gasteiger partial charge in [0.1, 0.15) is 0 Å². The maximum atomic E-state index is 5.46. The van der Waals surface area contributed by atoms with Crippen molar-refractivity contribution < 1.29 is 4.74 Å². The van der Waals surface area contributed by atoms with E-state index in [-0.39, 0.29) is 0 Å². The number of aryl methyl sites for hydroxylation is 1. The van der Waals surface area contributed by atoms with Gasteiger partial charge in [-0.15, -0.1) is 0 Å². The van der Waals surface area contributed by atoms with E-state index in [1.54, 1.807) is 0 Å². The monoisotopic (exact) mass is 264 g/mol.